The second kappa shape index (κ2) is 3.15. The Kier molecular flexibility index (Phi) is 2.26. The maximum absolute atomic E-state index is 5.52. The molecule has 2 nitrogen and oxygen atoms in total. The number of ether oxygens (including phenoxy) is 2. The molecule has 3 heteroatoms. The van der Waals surface area contributed by atoms with Gasteiger partial charge in [0.15, 0.2) is 0 Å². The monoisotopic (exact) mass is 198 g/mol. The fourth-order valence-corrected chi connectivity index (χ4v) is 2.87. The van der Waals surface area contributed by atoms with Gasteiger partial charge in [0.05, 0.1) is 13.2 Å². The Morgan fingerprint density at radius 3 is 1.54 bits per heavy atom. The SMILES string of the molecule is C=CC1(SC2(C=C)CCO2)CCO1. The molecule has 0 saturated carbocycles. The van der Waals surface area contributed by atoms with Crippen LogP contribution in [-0.4, -0.2) is 23.1 Å². The molecule has 0 aromatic carbocycles. The molecular weight excluding hydrogens is 184 g/mol. The summed E-state index contributed by atoms with van der Waals surface area (Å²) in [6.45, 7) is 9.24. The summed E-state index contributed by atoms with van der Waals surface area (Å²) in [5, 5.41) is 0. The molecule has 2 saturated heterocycles. The van der Waals surface area contributed by atoms with Gasteiger partial charge in [-0.1, -0.05) is 24.9 Å². The highest BCUT2D eigenvalue weighted by atomic mass is 32.2. The first-order valence-electron chi connectivity index (χ1n) is 4.49. The van der Waals surface area contributed by atoms with Crippen LogP contribution in [0.3, 0.4) is 0 Å². The van der Waals surface area contributed by atoms with Crippen molar-refractivity contribution in [2.45, 2.75) is 22.7 Å². The highest BCUT2D eigenvalue weighted by Gasteiger charge is 2.47. The van der Waals surface area contributed by atoms with Crippen molar-refractivity contribution in [2.75, 3.05) is 13.2 Å². The summed E-state index contributed by atoms with van der Waals surface area (Å²) in [6, 6.07) is 0. The van der Waals surface area contributed by atoms with Gasteiger partial charge in [0.25, 0.3) is 0 Å². The Morgan fingerprint density at radius 1 is 1.00 bits per heavy atom. The van der Waals surface area contributed by atoms with E-state index in [9.17, 15) is 0 Å². The third-order valence-electron chi connectivity index (χ3n) is 2.56. The molecule has 0 bridgehead atoms. The fraction of sp³-hybridized carbons (Fsp3) is 0.600. The molecule has 2 atom stereocenters. The number of hydrogen-bond acceptors (Lipinski definition) is 3. The lowest BCUT2D eigenvalue weighted by atomic mass is 10.2. The van der Waals surface area contributed by atoms with Crippen molar-refractivity contribution in [1.82, 2.24) is 0 Å². The van der Waals surface area contributed by atoms with Crippen molar-refractivity contribution in [2.24, 2.45) is 0 Å². The van der Waals surface area contributed by atoms with Crippen LogP contribution < -0.4 is 0 Å². The molecule has 2 rings (SSSR count). The zero-order chi connectivity index (χ0) is 9.36. The zero-order valence-electron chi connectivity index (χ0n) is 7.62. The highest BCUT2D eigenvalue weighted by Crippen LogP contribution is 2.51. The second-order valence-electron chi connectivity index (χ2n) is 3.33. The van der Waals surface area contributed by atoms with Crippen molar-refractivity contribution >= 4 is 11.8 Å². The van der Waals surface area contributed by atoms with Crippen molar-refractivity contribution in [1.29, 1.82) is 0 Å². The van der Waals surface area contributed by atoms with Crippen molar-refractivity contribution in [3.05, 3.63) is 25.3 Å². The summed E-state index contributed by atoms with van der Waals surface area (Å²) >= 11 is 1.69. The van der Waals surface area contributed by atoms with Crippen molar-refractivity contribution < 1.29 is 9.47 Å². The van der Waals surface area contributed by atoms with Gasteiger partial charge < -0.3 is 9.47 Å². The first-order valence-corrected chi connectivity index (χ1v) is 5.31. The number of rotatable bonds is 4. The van der Waals surface area contributed by atoms with Crippen LogP contribution in [0.15, 0.2) is 25.3 Å². The zero-order valence-corrected chi connectivity index (χ0v) is 8.44. The Bertz CT molecular complexity index is 205. The molecule has 2 aliphatic rings. The third kappa shape index (κ3) is 1.45. The maximum atomic E-state index is 5.52. The standard InChI is InChI=1S/C10H14O2S/c1-3-9(5-7-11-9)13-10(4-2)6-8-12-10/h3-4H,1-2,5-8H2. The van der Waals surface area contributed by atoms with Gasteiger partial charge in [0.1, 0.15) is 9.87 Å². The van der Waals surface area contributed by atoms with Crippen molar-refractivity contribution in [3.8, 4) is 0 Å². The van der Waals surface area contributed by atoms with Crippen molar-refractivity contribution in [3.63, 3.8) is 0 Å². The summed E-state index contributed by atoms with van der Waals surface area (Å²) < 4.78 is 11.0. The van der Waals surface area contributed by atoms with Gasteiger partial charge in [-0.05, 0) is 12.2 Å². The molecule has 13 heavy (non-hydrogen) atoms. The summed E-state index contributed by atoms with van der Waals surface area (Å²) in [4.78, 5) is -0.427. The lowest BCUT2D eigenvalue weighted by Gasteiger charge is -2.48. The van der Waals surface area contributed by atoms with Gasteiger partial charge in [0.2, 0.25) is 0 Å². The molecule has 2 unspecified atom stereocenters. The van der Waals surface area contributed by atoms with E-state index >= 15 is 0 Å². The molecule has 0 N–H and O–H groups in total. The van der Waals surface area contributed by atoms with E-state index in [4.69, 9.17) is 9.47 Å². The quantitative estimate of drug-likeness (QED) is 0.646. The van der Waals surface area contributed by atoms with Gasteiger partial charge in [-0.25, -0.2) is 0 Å². The molecule has 72 valence electrons. The molecule has 0 spiro atoms. The molecule has 0 radical (unpaired) electrons. The van der Waals surface area contributed by atoms with Crippen LogP contribution in [0.25, 0.3) is 0 Å². The molecule has 2 heterocycles. The third-order valence-corrected chi connectivity index (χ3v) is 4.23. The predicted octanol–water partition coefficient (Wildman–Crippen LogP) is 2.32. The summed E-state index contributed by atoms with van der Waals surface area (Å²) in [6.07, 6.45) is 5.79. The minimum absolute atomic E-state index is 0.214. The van der Waals surface area contributed by atoms with Gasteiger partial charge >= 0.3 is 0 Å². The number of hydrogen-bond donors (Lipinski definition) is 0. The lowest BCUT2D eigenvalue weighted by molar-refractivity contribution is -0.0705. The molecule has 2 aliphatic heterocycles. The topological polar surface area (TPSA) is 18.5 Å². The molecular formula is C10H14O2S. The molecule has 0 aromatic heterocycles. The van der Waals surface area contributed by atoms with E-state index in [0.29, 0.717) is 0 Å². The Labute approximate surface area is 83.0 Å². The van der Waals surface area contributed by atoms with Gasteiger partial charge in [-0.2, -0.15) is 0 Å². The first-order chi connectivity index (χ1) is 6.24. The lowest BCUT2D eigenvalue weighted by Crippen LogP contribution is -2.48. The Balaban J connectivity index is 2.02. The van der Waals surface area contributed by atoms with Gasteiger partial charge in [0, 0.05) is 12.8 Å². The van der Waals surface area contributed by atoms with Crippen LogP contribution in [-0.2, 0) is 9.47 Å². The normalized spacial score (nSPS) is 43.1. The van der Waals surface area contributed by atoms with Crippen LogP contribution in [0, 0.1) is 0 Å². The summed E-state index contributed by atoms with van der Waals surface area (Å²) in [5.74, 6) is 0. The minimum atomic E-state index is -0.214. The molecule has 0 amide bonds. The van der Waals surface area contributed by atoms with Crippen LogP contribution in [0.5, 0.6) is 0 Å². The molecule has 0 aliphatic carbocycles. The van der Waals surface area contributed by atoms with E-state index in [-0.39, 0.29) is 9.87 Å². The second-order valence-corrected chi connectivity index (χ2v) is 4.92. The summed E-state index contributed by atoms with van der Waals surface area (Å²) in [7, 11) is 0. The Morgan fingerprint density at radius 2 is 1.38 bits per heavy atom. The molecule has 0 aromatic rings. The highest BCUT2D eigenvalue weighted by molar-refractivity contribution is 8.02. The molecule has 2 fully saturated rings. The fourth-order valence-electron chi connectivity index (χ4n) is 1.47. The smallest absolute Gasteiger partial charge is 0.137 e. The van der Waals surface area contributed by atoms with Crippen LogP contribution in [0.4, 0.5) is 0 Å². The van der Waals surface area contributed by atoms with E-state index in [0.717, 1.165) is 26.1 Å². The van der Waals surface area contributed by atoms with E-state index in [2.05, 4.69) is 13.2 Å². The van der Waals surface area contributed by atoms with E-state index in [1.165, 1.54) is 0 Å². The van der Waals surface area contributed by atoms with E-state index in [1.54, 1.807) is 11.8 Å². The minimum Gasteiger partial charge on any atom is -0.360 e. The summed E-state index contributed by atoms with van der Waals surface area (Å²) in [5.41, 5.74) is 0. The average Bonchev–Trinajstić information content (AvgIpc) is 2.02. The largest absolute Gasteiger partial charge is 0.360 e. The van der Waals surface area contributed by atoms with Crippen LogP contribution in [0.1, 0.15) is 12.8 Å². The van der Waals surface area contributed by atoms with Gasteiger partial charge in [-0.3, -0.25) is 0 Å². The first kappa shape index (κ1) is 9.31. The van der Waals surface area contributed by atoms with Crippen LogP contribution >= 0.6 is 11.8 Å². The predicted molar refractivity (Wildman–Crippen MR) is 54.6 cm³/mol. The average molecular weight is 198 g/mol. The Hall–Kier alpha value is -0.250. The maximum Gasteiger partial charge on any atom is 0.137 e. The van der Waals surface area contributed by atoms with E-state index < -0.39 is 0 Å². The number of thioether (sulfide) groups is 1. The van der Waals surface area contributed by atoms with Crippen LogP contribution in [0.2, 0.25) is 0 Å². The van der Waals surface area contributed by atoms with E-state index in [1.807, 2.05) is 12.2 Å². The van der Waals surface area contributed by atoms with Gasteiger partial charge in [-0.15, -0.1) is 0 Å².